The highest BCUT2D eigenvalue weighted by Crippen LogP contribution is 2.21. The van der Waals surface area contributed by atoms with Crippen molar-refractivity contribution in [3.63, 3.8) is 0 Å². The third-order valence-corrected chi connectivity index (χ3v) is 2.39. The molecule has 0 bridgehead atoms. The summed E-state index contributed by atoms with van der Waals surface area (Å²) in [6.45, 7) is 1.75. The molecule has 0 spiro atoms. The molecule has 1 rings (SSSR count). The predicted octanol–water partition coefficient (Wildman–Crippen LogP) is 0.296. The molecule has 0 saturated heterocycles. The van der Waals surface area contributed by atoms with E-state index in [-0.39, 0.29) is 5.75 Å². The van der Waals surface area contributed by atoms with Crippen molar-refractivity contribution in [3.05, 3.63) is 23.5 Å². The van der Waals surface area contributed by atoms with E-state index in [0.29, 0.717) is 16.9 Å². The number of aromatic nitrogens is 1. The van der Waals surface area contributed by atoms with Crippen LogP contribution in [-0.4, -0.2) is 27.1 Å². The van der Waals surface area contributed by atoms with Crippen LogP contribution in [0.1, 0.15) is 17.4 Å². The predicted molar refractivity (Wildman–Crippen MR) is 58.2 cm³/mol. The Morgan fingerprint density at radius 1 is 1.57 bits per heavy atom. The van der Waals surface area contributed by atoms with Crippen molar-refractivity contribution in [1.82, 2.24) is 4.98 Å². The Labute approximate surface area is 88.2 Å². The lowest BCUT2D eigenvalue weighted by Gasteiger charge is -2.17. The number of pyridine rings is 1. The van der Waals surface area contributed by atoms with Crippen molar-refractivity contribution >= 4 is 18.3 Å². The summed E-state index contributed by atoms with van der Waals surface area (Å²) in [5.74, 6) is 0.190. The lowest BCUT2D eigenvalue weighted by atomic mass is 10.0. The van der Waals surface area contributed by atoms with E-state index < -0.39 is 12.2 Å². The molecule has 0 radical (unpaired) electrons. The molecule has 2 atom stereocenters. The van der Waals surface area contributed by atoms with Crippen molar-refractivity contribution in [2.24, 2.45) is 0 Å². The zero-order valence-corrected chi connectivity index (χ0v) is 8.78. The molecule has 0 aromatic carbocycles. The third-order valence-electron chi connectivity index (χ3n) is 2.02. The Kier molecular flexibility index (Phi) is 3.74. The van der Waals surface area contributed by atoms with E-state index in [9.17, 15) is 10.2 Å². The number of rotatable bonds is 3. The van der Waals surface area contributed by atoms with Crippen molar-refractivity contribution in [3.8, 4) is 0 Å². The standard InChI is InChI=1S/C9H14N2O2S/c1-5-7(2-6(10)3-11-5)9(13)8(12)4-14/h2-3,8-9,12-14H,4,10H2,1H3. The van der Waals surface area contributed by atoms with Gasteiger partial charge >= 0.3 is 0 Å². The molecule has 4 nitrogen and oxygen atoms in total. The van der Waals surface area contributed by atoms with E-state index in [1.165, 1.54) is 6.20 Å². The molecule has 0 aliphatic heterocycles. The molecule has 0 aliphatic rings. The Balaban J connectivity index is 2.99. The number of aliphatic hydroxyl groups excluding tert-OH is 2. The first-order valence-corrected chi connectivity index (χ1v) is 4.88. The lowest BCUT2D eigenvalue weighted by Crippen LogP contribution is -2.21. The van der Waals surface area contributed by atoms with Crippen LogP contribution in [0.4, 0.5) is 5.69 Å². The summed E-state index contributed by atoms with van der Waals surface area (Å²) in [6.07, 6.45) is -0.373. The molecule has 0 amide bonds. The summed E-state index contributed by atoms with van der Waals surface area (Å²) < 4.78 is 0. The number of aryl methyl sites for hydroxylation is 1. The van der Waals surface area contributed by atoms with E-state index in [1.807, 2.05) is 0 Å². The van der Waals surface area contributed by atoms with Gasteiger partial charge in [0.25, 0.3) is 0 Å². The number of nitrogens with zero attached hydrogens (tertiary/aromatic N) is 1. The van der Waals surface area contributed by atoms with Crippen LogP contribution in [0.15, 0.2) is 12.3 Å². The highest BCUT2D eigenvalue weighted by atomic mass is 32.1. The van der Waals surface area contributed by atoms with E-state index in [1.54, 1.807) is 13.0 Å². The van der Waals surface area contributed by atoms with Gasteiger partial charge in [-0.25, -0.2) is 0 Å². The molecule has 1 aromatic heterocycles. The van der Waals surface area contributed by atoms with Gasteiger partial charge in [0.15, 0.2) is 0 Å². The van der Waals surface area contributed by atoms with Gasteiger partial charge in [-0.1, -0.05) is 0 Å². The van der Waals surface area contributed by atoms with Gasteiger partial charge in [-0.05, 0) is 13.0 Å². The number of hydrogen-bond acceptors (Lipinski definition) is 5. The Hall–Kier alpha value is -0.780. The van der Waals surface area contributed by atoms with Crippen molar-refractivity contribution in [2.45, 2.75) is 19.1 Å². The Morgan fingerprint density at radius 2 is 2.21 bits per heavy atom. The summed E-state index contributed by atoms with van der Waals surface area (Å²) in [5, 5.41) is 19.1. The normalized spacial score (nSPS) is 15.1. The minimum Gasteiger partial charge on any atom is -0.397 e. The van der Waals surface area contributed by atoms with Gasteiger partial charge in [0.05, 0.1) is 18.0 Å². The molecule has 2 unspecified atom stereocenters. The van der Waals surface area contributed by atoms with Crippen LogP contribution in [-0.2, 0) is 0 Å². The summed E-state index contributed by atoms with van der Waals surface area (Å²) in [5.41, 5.74) is 7.21. The van der Waals surface area contributed by atoms with Crippen LogP contribution >= 0.6 is 12.6 Å². The van der Waals surface area contributed by atoms with E-state index in [2.05, 4.69) is 17.6 Å². The molecule has 0 saturated carbocycles. The topological polar surface area (TPSA) is 79.4 Å². The highest BCUT2D eigenvalue weighted by molar-refractivity contribution is 7.80. The van der Waals surface area contributed by atoms with Crippen LogP contribution in [0.3, 0.4) is 0 Å². The zero-order chi connectivity index (χ0) is 10.7. The van der Waals surface area contributed by atoms with E-state index >= 15 is 0 Å². The minimum absolute atomic E-state index is 0.190. The fourth-order valence-corrected chi connectivity index (χ4v) is 1.37. The number of nitrogens with two attached hydrogens (primary N) is 1. The van der Waals surface area contributed by atoms with Gasteiger partial charge < -0.3 is 15.9 Å². The van der Waals surface area contributed by atoms with E-state index in [4.69, 9.17) is 5.73 Å². The smallest absolute Gasteiger partial charge is 0.107 e. The van der Waals surface area contributed by atoms with Crippen molar-refractivity contribution in [1.29, 1.82) is 0 Å². The highest BCUT2D eigenvalue weighted by Gasteiger charge is 2.19. The second kappa shape index (κ2) is 4.63. The Bertz CT molecular complexity index is 320. The number of hydrogen-bond donors (Lipinski definition) is 4. The zero-order valence-electron chi connectivity index (χ0n) is 7.88. The fraction of sp³-hybridized carbons (Fsp3) is 0.444. The molecule has 4 N–H and O–H groups in total. The summed E-state index contributed by atoms with van der Waals surface area (Å²) in [4.78, 5) is 4.00. The van der Waals surface area contributed by atoms with Crippen LogP contribution < -0.4 is 5.73 Å². The second-order valence-corrected chi connectivity index (χ2v) is 3.50. The maximum absolute atomic E-state index is 9.70. The average Bonchev–Trinajstić information content (AvgIpc) is 2.19. The first-order chi connectivity index (χ1) is 6.56. The number of anilines is 1. The van der Waals surface area contributed by atoms with Gasteiger partial charge in [-0.3, -0.25) is 4.98 Å². The first-order valence-electron chi connectivity index (χ1n) is 4.25. The van der Waals surface area contributed by atoms with Crippen LogP contribution in [0, 0.1) is 6.92 Å². The average molecular weight is 214 g/mol. The SMILES string of the molecule is Cc1ncc(N)cc1C(O)C(O)CS. The Morgan fingerprint density at radius 3 is 2.79 bits per heavy atom. The summed E-state index contributed by atoms with van der Waals surface area (Å²) in [6, 6.07) is 1.61. The van der Waals surface area contributed by atoms with Gasteiger partial charge in [0.1, 0.15) is 6.10 Å². The van der Waals surface area contributed by atoms with Crippen molar-refractivity contribution < 1.29 is 10.2 Å². The largest absolute Gasteiger partial charge is 0.397 e. The van der Waals surface area contributed by atoms with Gasteiger partial charge in [-0.2, -0.15) is 12.6 Å². The number of aliphatic hydroxyl groups is 2. The quantitative estimate of drug-likeness (QED) is 0.546. The molecule has 0 aliphatic carbocycles. The monoisotopic (exact) mass is 214 g/mol. The second-order valence-electron chi connectivity index (χ2n) is 3.14. The summed E-state index contributed by atoms with van der Waals surface area (Å²) >= 11 is 3.90. The molecule has 14 heavy (non-hydrogen) atoms. The van der Waals surface area contributed by atoms with Gasteiger partial charge in [0.2, 0.25) is 0 Å². The minimum atomic E-state index is -0.983. The van der Waals surface area contributed by atoms with Crippen LogP contribution in [0.2, 0.25) is 0 Å². The molecule has 1 aromatic rings. The lowest BCUT2D eigenvalue weighted by molar-refractivity contribution is 0.0331. The van der Waals surface area contributed by atoms with Crippen molar-refractivity contribution in [2.75, 3.05) is 11.5 Å². The molecule has 1 heterocycles. The van der Waals surface area contributed by atoms with Crippen LogP contribution in [0.5, 0.6) is 0 Å². The maximum Gasteiger partial charge on any atom is 0.107 e. The summed E-state index contributed by atoms with van der Waals surface area (Å²) in [7, 11) is 0. The molecular formula is C9H14N2O2S. The molecular weight excluding hydrogens is 200 g/mol. The number of nitrogen functional groups attached to an aromatic ring is 1. The van der Waals surface area contributed by atoms with Gasteiger partial charge in [0, 0.05) is 17.0 Å². The number of thiol groups is 1. The van der Waals surface area contributed by atoms with Crippen LogP contribution in [0.25, 0.3) is 0 Å². The molecule has 0 fully saturated rings. The van der Waals surface area contributed by atoms with E-state index in [0.717, 1.165) is 0 Å². The molecule has 78 valence electrons. The fourth-order valence-electron chi connectivity index (χ4n) is 1.17. The first kappa shape index (κ1) is 11.3. The molecule has 5 heteroatoms. The third kappa shape index (κ3) is 2.37. The maximum atomic E-state index is 9.70. The van der Waals surface area contributed by atoms with Gasteiger partial charge in [-0.15, -0.1) is 0 Å².